The van der Waals surface area contributed by atoms with Crippen LogP contribution in [0.25, 0.3) is 0 Å². The van der Waals surface area contributed by atoms with Gasteiger partial charge in [0.05, 0.1) is 0 Å². The molecule has 0 aliphatic carbocycles. The van der Waals surface area contributed by atoms with Crippen LogP contribution in [0.2, 0.25) is 0 Å². The van der Waals surface area contributed by atoms with E-state index >= 15 is 0 Å². The lowest BCUT2D eigenvalue weighted by Crippen LogP contribution is -2.16. The Morgan fingerprint density at radius 2 is 1.48 bits per heavy atom. The van der Waals surface area contributed by atoms with E-state index in [0.717, 1.165) is 12.1 Å². The number of nitrogens with zero attached hydrogens (tertiary/aromatic N) is 1. The highest BCUT2D eigenvalue weighted by Gasteiger charge is 2.31. The van der Waals surface area contributed by atoms with Crippen LogP contribution in [0.4, 0.5) is 13.2 Å². The van der Waals surface area contributed by atoms with Crippen LogP contribution in [-0.2, 0) is 4.79 Å². The van der Waals surface area contributed by atoms with Gasteiger partial charge in [-0.2, -0.15) is 0 Å². The summed E-state index contributed by atoms with van der Waals surface area (Å²) < 4.78 is 54.0. The van der Waals surface area contributed by atoms with Crippen LogP contribution in [0.1, 0.15) is 6.92 Å². The average Bonchev–Trinajstić information content (AvgIpc) is 2.57. The number of aliphatic carboxylic acids is 1. The molecule has 0 spiro atoms. The fourth-order valence-corrected chi connectivity index (χ4v) is 2.45. The zero-order valence-electron chi connectivity index (χ0n) is 13.7. The third-order valence-electron chi connectivity index (χ3n) is 2.93. The summed E-state index contributed by atoms with van der Waals surface area (Å²) in [5, 5.41) is 8.69. The highest BCUT2D eigenvalue weighted by Crippen LogP contribution is 2.30. The Labute approximate surface area is 152 Å². The van der Waals surface area contributed by atoms with E-state index < -0.39 is 26.5 Å². The summed E-state index contributed by atoms with van der Waals surface area (Å²) in [6, 6.07) is 9.43. The van der Waals surface area contributed by atoms with Gasteiger partial charge in [0.2, 0.25) is 0 Å². The summed E-state index contributed by atoms with van der Waals surface area (Å²) >= 11 is 0. The monoisotopic (exact) mass is 403 g/mol. The van der Waals surface area contributed by atoms with E-state index in [-0.39, 0.29) is 17.2 Å². The summed E-state index contributed by atoms with van der Waals surface area (Å²) in [6.07, 6.45) is -4.77. The van der Waals surface area contributed by atoms with Crippen LogP contribution in [-0.4, -0.2) is 23.5 Å². The van der Waals surface area contributed by atoms with Gasteiger partial charge in [-0.05, 0) is 55.5 Å². The molecule has 2 atom stereocenters. The van der Waals surface area contributed by atoms with E-state index in [1.807, 2.05) is 0 Å². The summed E-state index contributed by atoms with van der Waals surface area (Å²) in [5.41, 5.74) is 0. The lowest BCUT2D eigenvalue weighted by Gasteiger charge is -2.10. The van der Waals surface area contributed by atoms with E-state index in [1.54, 1.807) is 0 Å². The number of carboxylic acids is 1. The highest BCUT2D eigenvalue weighted by molar-refractivity contribution is 7.34. The maximum absolute atomic E-state index is 12.1. The quantitative estimate of drug-likeness (QED) is 0.699. The number of carboxylic acid groups (broad SMARTS) is 1. The molecule has 0 aromatic heterocycles. The molecule has 0 aliphatic heterocycles. The van der Waals surface area contributed by atoms with Crippen molar-refractivity contribution in [3.05, 3.63) is 48.5 Å². The molecule has 0 aliphatic rings. The SMILES string of the molecule is C[C@H](N=[P+]([O-])Oc1ccc(Oc2ccc(OC(F)(F)F)cc2)cc1)C(=O)O. The van der Waals surface area contributed by atoms with Gasteiger partial charge in [-0.25, -0.2) is 4.79 Å². The number of alkyl halides is 3. The number of hydrogen-bond donors (Lipinski definition) is 1. The molecule has 2 aromatic rings. The van der Waals surface area contributed by atoms with Crippen molar-refractivity contribution < 1.29 is 42.0 Å². The second-order valence-corrected chi connectivity index (χ2v) is 5.94. The molecule has 0 saturated heterocycles. The maximum atomic E-state index is 12.1. The molecule has 1 N–H and O–H groups in total. The van der Waals surface area contributed by atoms with E-state index in [9.17, 15) is 22.9 Å². The Morgan fingerprint density at radius 1 is 1.04 bits per heavy atom. The molecule has 2 aromatic carbocycles. The minimum atomic E-state index is -4.77. The normalized spacial score (nSPS) is 13.0. The first-order chi connectivity index (χ1) is 12.6. The molecule has 1 unspecified atom stereocenters. The number of benzene rings is 2. The first-order valence-corrected chi connectivity index (χ1v) is 8.48. The van der Waals surface area contributed by atoms with Gasteiger partial charge in [0.25, 0.3) is 0 Å². The third kappa shape index (κ3) is 7.12. The van der Waals surface area contributed by atoms with Crippen molar-refractivity contribution in [2.45, 2.75) is 19.3 Å². The van der Waals surface area contributed by atoms with Crippen molar-refractivity contribution in [2.75, 3.05) is 0 Å². The van der Waals surface area contributed by atoms with Crippen LogP contribution in [0.5, 0.6) is 23.0 Å². The largest absolute Gasteiger partial charge is 0.575 e. The Balaban J connectivity index is 1.96. The summed E-state index contributed by atoms with van der Waals surface area (Å²) in [7, 11) is -2.55. The fraction of sp³-hybridized carbons (Fsp3) is 0.188. The van der Waals surface area contributed by atoms with Gasteiger partial charge in [-0.15, -0.1) is 13.2 Å². The van der Waals surface area contributed by atoms with Gasteiger partial charge < -0.3 is 19.5 Å². The zero-order valence-corrected chi connectivity index (χ0v) is 14.6. The molecule has 0 fully saturated rings. The van der Waals surface area contributed by atoms with Crippen molar-refractivity contribution in [2.24, 2.45) is 4.74 Å². The number of hydrogen-bond acceptors (Lipinski definition) is 6. The summed E-state index contributed by atoms with van der Waals surface area (Å²) in [6.45, 7) is 1.26. The van der Waals surface area contributed by atoms with Crippen LogP contribution in [0, 0.1) is 0 Å². The summed E-state index contributed by atoms with van der Waals surface area (Å²) in [4.78, 5) is 22.2. The molecule has 2 rings (SSSR count). The molecule has 7 nitrogen and oxygen atoms in total. The Morgan fingerprint density at radius 3 is 1.93 bits per heavy atom. The van der Waals surface area contributed by atoms with Gasteiger partial charge in [0.15, 0.2) is 11.8 Å². The number of rotatable bonds is 7. The molecule has 11 heteroatoms. The van der Waals surface area contributed by atoms with Crippen molar-refractivity contribution in [1.82, 2.24) is 0 Å². The van der Waals surface area contributed by atoms with Crippen LogP contribution in [0.3, 0.4) is 0 Å². The fourth-order valence-electron chi connectivity index (χ4n) is 1.72. The standard InChI is InChI=1S/C16H13F3NO6P/c1-10(15(21)22)20-27(23)26-14-8-4-12(5-9-14)24-11-2-6-13(7-3-11)25-16(17,18)19/h2-10H,1H3,(H,21,22)/t10-/m0/s1. The van der Waals surface area contributed by atoms with Gasteiger partial charge in [0, 0.05) is 0 Å². The van der Waals surface area contributed by atoms with Crippen LogP contribution < -0.4 is 18.9 Å². The van der Waals surface area contributed by atoms with Gasteiger partial charge >= 0.3 is 20.5 Å². The topological polar surface area (TPSA) is 100 Å². The second-order valence-electron chi connectivity index (χ2n) is 5.05. The molecular weight excluding hydrogens is 390 g/mol. The van der Waals surface area contributed by atoms with E-state index in [4.69, 9.17) is 14.4 Å². The predicted molar refractivity (Wildman–Crippen MR) is 86.7 cm³/mol. The molecule has 144 valence electrons. The Hall–Kier alpha value is -2.84. The second kappa shape index (κ2) is 8.70. The molecule has 0 saturated carbocycles. The van der Waals surface area contributed by atoms with Gasteiger partial charge in [-0.3, -0.25) is 4.52 Å². The molecule has 0 radical (unpaired) electrons. The minimum Gasteiger partial charge on any atom is -0.575 e. The third-order valence-corrected chi connectivity index (χ3v) is 3.83. The molecular formula is C16H13F3NO6P. The average molecular weight is 403 g/mol. The lowest BCUT2D eigenvalue weighted by atomic mass is 10.3. The van der Waals surface area contributed by atoms with Crippen molar-refractivity contribution in [3.8, 4) is 23.0 Å². The first kappa shape index (κ1) is 20.5. The number of ether oxygens (including phenoxy) is 2. The van der Waals surface area contributed by atoms with Gasteiger partial charge in [0.1, 0.15) is 17.2 Å². The minimum absolute atomic E-state index is 0.179. The lowest BCUT2D eigenvalue weighted by molar-refractivity contribution is -0.274. The van der Waals surface area contributed by atoms with E-state index in [1.165, 1.54) is 43.3 Å². The number of halogens is 3. The van der Waals surface area contributed by atoms with Crippen LogP contribution >= 0.6 is 8.17 Å². The maximum Gasteiger partial charge on any atom is 0.573 e. The van der Waals surface area contributed by atoms with Gasteiger partial charge in [-0.1, -0.05) is 4.74 Å². The Bertz CT molecular complexity index is 808. The van der Waals surface area contributed by atoms with E-state index in [0.29, 0.717) is 5.75 Å². The number of carbonyl (C=O) groups is 1. The molecule has 27 heavy (non-hydrogen) atoms. The van der Waals surface area contributed by atoms with Crippen molar-refractivity contribution >= 4 is 14.1 Å². The molecule has 0 heterocycles. The molecule has 0 amide bonds. The van der Waals surface area contributed by atoms with E-state index in [2.05, 4.69) is 9.48 Å². The van der Waals surface area contributed by atoms with Crippen molar-refractivity contribution in [3.63, 3.8) is 0 Å². The molecule has 0 bridgehead atoms. The Kier molecular flexibility index (Phi) is 6.59. The highest BCUT2D eigenvalue weighted by atomic mass is 31.1. The zero-order chi connectivity index (χ0) is 20.0. The smallest absolute Gasteiger partial charge is 0.573 e. The summed E-state index contributed by atoms with van der Waals surface area (Å²) in [5.74, 6) is -0.801. The van der Waals surface area contributed by atoms with Crippen molar-refractivity contribution in [1.29, 1.82) is 0 Å². The van der Waals surface area contributed by atoms with Crippen LogP contribution in [0.15, 0.2) is 53.3 Å². The predicted octanol–water partition coefficient (Wildman–Crippen LogP) is 4.09. The first-order valence-electron chi connectivity index (χ1n) is 7.35.